The van der Waals surface area contributed by atoms with E-state index >= 15 is 0 Å². The molecule has 0 saturated heterocycles. The molecule has 0 unspecified atom stereocenters. The van der Waals surface area contributed by atoms with Crippen molar-refractivity contribution in [3.05, 3.63) is 314 Å². The third kappa shape index (κ3) is 4.90. The Morgan fingerprint density at radius 2 is 0.370 bits per heavy atom. The van der Waals surface area contributed by atoms with Crippen LogP contribution in [0.1, 0.15) is 22.8 Å². The van der Waals surface area contributed by atoms with Gasteiger partial charge < -0.3 is 9.97 Å². The van der Waals surface area contributed by atoms with Gasteiger partial charge in [-0.2, -0.15) is 0 Å². The number of fused-ring (bicyclic) bond motifs is 8. The van der Waals surface area contributed by atoms with E-state index in [0.29, 0.717) is 0 Å². The Labute approximate surface area is 420 Å². The zero-order valence-corrected chi connectivity index (χ0v) is 42.5. The van der Waals surface area contributed by atoms with Gasteiger partial charge in [0, 0.05) is 22.1 Å². The van der Waals surface area contributed by atoms with Gasteiger partial charge in [0.2, 0.25) is 0 Å². The fourth-order valence-electron chi connectivity index (χ4n) is 12.1. The van der Waals surface area contributed by atoms with Crippen molar-refractivity contribution < 1.29 is 11.1 Å². The van der Waals surface area contributed by atoms with Crippen LogP contribution in [0, 0.1) is 0 Å². The van der Waals surface area contributed by atoms with E-state index in [1.165, 1.54) is 31.6 Å². The van der Waals surface area contributed by atoms with Gasteiger partial charge in [-0.25, -0.2) is 9.97 Å². The van der Waals surface area contributed by atoms with Gasteiger partial charge in [0.05, 0.1) is 22.8 Å². The Balaban J connectivity index is 0.000000188. The summed E-state index contributed by atoms with van der Waals surface area (Å²) in [7, 11) is 0. The van der Waals surface area contributed by atoms with Gasteiger partial charge in [-0.05, 0) is 72.8 Å². The van der Waals surface area contributed by atoms with Gasteiger partial charge in [-0.3, -0.25) is 0 Å². The predicted octanol–water partition coefficient (Wildman–Crippen LogP) is 11.5. The molecule has 11 aromatic rings. The molecule has 5 heteroatoms. The second kappa shape index (κ2) is 16.0. The third-order valence-electron chi connectivity index (χ3n) is 14.9. The van der Waals surface area contributed by atoms with Crippen molar-refractivity contribution in [2.75, 3.05) is 0 Å². The quantitative estimate of drug-likeness (QED) is 0.159. The number of nitrogens with one attached hydrogen (secondary N) is 2. The molecule has 2 aliphatic heterocycles. The molecule has 8 aromatic carbocycles. The molecule has 0 radical (unpaired) electrons. The van der Waals surface area contributed by atoms with E-state index in [1.807, 2.05) is 48.6 Å². The van der Waals surface area contributed by atoms with Crippen molar-refractivity contribution in [2.24, 2.45) is 0 Å². The van der Waals surface area contributed by atoms with Gasteiger partial charge in [0.15, 0.2) is 0 Å². The maximum atomic E-state index is 4.63. The number of rotatable bonds is 8. The van der Waals surface area contributed by atoms with Crippen LogP contribution in [-0.2, 0) is 11.1 Å². The number of H-pyrrole nitrogens is 2. The summed E-state index contributed by atoms with van der Waals surface area (Å²) in [4.78, 5) is 16.0. The second-order valence-corrected chi connectivity index (χ2v) is 44.6. The summed E-state index contributed by atoms with van der Waals surface area (Å²) in [5.74, 6) is 0. The molecule has 8 bridgehead atoms. The molecule has 0 saturated carbocycles. The zero-order valence-electron chi connectivity index (χ0n) is 40.2. The van der Waals surface area contributed by atoms with Crippen LogP contribution in [0.15, 0.2) is 291 Å². The van der Waals surface area contributed by atoms with Crippen LogP contribution in [0.5, 0.6) is 0 Å². The Morgan fingerprint density at radius 1 is 0.205 bits per heavy atom. The topological polar surface area (TPSA) is 57.4 Å². The summed E-state index contributed by atoms with van der Waals surface area (Å²) in [5.41, 5.74) is 7.86. The average molecular weight is 1120 g/mol. The molecular weight excluding hydrogens is 1070 g/mol. The summed E-state index contributed by atoms with van der Waals surface area (Å²) in [6, 6.07) is 108. The predicted molar refractivity (Wildman–Crippen MR) is 307 cm³/mol. The van der Waals surface area contributed by atoms with Crippen molar-refractivity contribution in [3.8, 4) is 0 Å². The van der Waals surface area contributed by atoms with Gasteiger partial charge in [0.1, 0.15) is 0 Å². The van der Waals surface area contributed by atoms with Crippen molar-refractivity contribution >= 4 is 78.0 Å². The molecule has 13 rings (SSSR count). The molecular formula is C68H54N4Pt. The van der Waals surface area contributed by atoms with Crippen molar-refractivity contribution in [3.63, 3.8) is 0 Å². The van der Waals surface area contributed by atoms with E-state index in [1.54, 1.807) is 0 Å². The Bertz CT molecular complexity index is 3350. The Hall–Kier alpha value is -8.95. The fourth-order valence-corrected chi connectivity index (χ4v) is 58.0. The second-order valence-electron chi connectivity index (χ2n) is 18.2. The molecule has 0 spiro atoms. The number of nitrogens with zero attached hydrogens (tertiary/aromatic N) is 2. The molecule has 0 fully saturated rings. The van der Waals surface area contributed by atoms with E-state index in [9.17, 15) is 0 Å². The Morgan fingerprint density at radius 3 is 0.534 bits per heavy atom. The molecule has 356 valence electrons. The van der Waals surface area contributed by atoms with E-state index in [-0.39, 0.29) is 0 Å². The number of aromatic amines is 2. The molecule has 4 nitrogen and oxygen atoms in total. The first kappa shape index (κ1) is 45.2. The fraction of sp³-hybridized carbons (Fsp3) is 0. The third-order valence-corrected chi connectivity index (χ3v) is 57.6. The standard InChI is InChI=1S/C20H14N4.8C6H5.Pt/c1-2-14-10-16-5-6-18(23-16)12-20-8-7-19(24-20)11-17-4-3-15(22-17)9-13(1)21-14;8*1-2-4-6-5-3-1;/h1-12,21,24H;8*1-5H;. The molecule has 2 aliphatic rings. The van der Waals surface area contributed by atoms with Crippen molar-refractivity contribution in [2.45, 2.75) is 0 Å². The molecule has 73 heavy (non-hydrogen) atoms. The van der Waals surface area contributed by atoms with Crippen LogP contribution in [0.3, 0.4) is 0 Å². The zero-order chi connectivity index (χ0) is 49.2. The number of aromatic nitrogens is 4. The van der Waals surface area contributed by atoms with Gasteiger partial charge in [0.25, 0.3) is 0 Å². The molecule has 5 heterocycles. The minimum absolute atomic E-state index is 0.939. The van der Waals surface area contributed by atoms with E-state index in [4.69, 9.17) is 0 Å². The average Bonchev–Trinajstić information content (AvgIpc) is 4.35. The number of hydrogen-bond donors (Lipinski definition) is 2. The normalized spacial score (nSPS) is 14.0. The Kier molecular flexibility index (Phi) is 9.93. The first-order valence-electron chi connectivity index (χ1n) is 24.4. The maximum absolute atomic E-state index is 7.92. The summed E-state index contributed by atoms with van der Waals surface area (Å²) in [6.07, 6.45) is 8.09. The van der Waals surface area contributed by atoms with E-state index in [0.717, 1.165) is 44.8 Å². The van der Waals surface area contributed by atoms with E-state index < -0.39 is 11.1 Å². The molecule has 3 aromatic heterocycles. The first-order chi connectivity index (χ1) is 36.0. The molecule has 0 atom stereocenters. The summed E-state index contributed by atoms with van der Waals surface area (Å²) in [6.45, 7) is 0. The molecule has 0 aliphatic carbocycles. The van der Waals surface area contributed by atoms with Crippen LogP contribution in [-0.4, -0.2) is 19.9 Å². The van der Waals surface area contributed by atoms with Crippen LogP contribution in [0.2, 0.25) is 0 Å². The van der Waals surface area contributed by atoms with Gasteiger partial charge in [-0.1, -0.05) is 0 Å². The minimum atomic E-state index is -7.92. The molecule has 0 amide bonds. The van der Waals surface area contributed by atoms with Crippen LogP contribution in [0.25, 0.3) is 46.4 Å². The van der Waals surface area contributed by atoms with Crippen LogP contribution >= 0.6 is 0 Å². The number of hydrogen-bond acceptors (Lipinski definition) is 2. The summed E-state index contributed by atoms with van der Waals surface area (Å²) in [5, 5.41) is 0. The van der Waals surface area contributed by atoms with E-state index in [2.05, 4.69) is 287 Å². The van der Waals surface area contributed by atoms with Gasteiger partial charge >= 0.3 is 285 Å². The SMILES string of the molecule is C1=Cc2cc3ccc(cc4nc(cc5ccc(cc1n2)[nH]5)C=C4)[nH]3.c1cc[c]([Pt]([c]2ccccc2)([c]2ccccc2)([c]2ccccc2)([c]2ccccc2)([c]2ccccc2)([c]2ccccc2)[c]2ccccc2)cc1. The van der Waals surface area contributed by atoms with Crippen molar-refractivity contribution in [1.82, 2.24) is 19.9 Å². The first-order valence-corrected chi connectivity index (χ1v) is 33.5. The monoisotopic (exact) mass is 1120 g/mol. The van der Waals surface area contributed by atoms with Gasteiger partial charge in [-0.15, -0.1) is 0 Å². The molecule has 2 N–H and O–H groups in total. The van der Waals surface area contributed by atoms with Crippen LogP contribution in [0.4, 0.5) is 0 Å². The van der Waals surface area contributed by atoms with Crippen LogP contribution < -0.4 is 31.6 Å². The van der Waals surface area contributed by atoms with Crippen molar-refractivity contribution in [1.29, 1.82) is 0 Å². The number of benzene rings is 8. The summed E-state index contributed by atoms with van der Waals surface area (Å²) >= 11 is -7.92. The summed E-state index contributed by atoms with van der Waals surface area (Å²) < 4.78 is 9.70.